The predicted molar refractivity (Wildman–Crippen MR) is 71.8 cm³/mol. The fourth-order valence-electron chi connectivity index (χ4n) is 2.11. The van der Waals surface area contributed by atoms with Gasteiger partial charge in [-0.05, 0) is 38.2 Å². The number of nitrogens with zero attached hydrogens (tertiary/aromatic N) is 2. The van der Waals surface area contributed by atoms with Crippen molar-refractivity contribution in [3.8, 4) is 0 Å². The third kappa shape index (κ3) is 2.87. The highest BCUT2D eigenvalue weighted by atomic mass is 79.9. The standard InChI is InChI=1S/C13H17BrN2O/c1-15(2)9-13(17)16-7-6-12(16)10-4-3-5-11(14)8-10/h3-5,8,12H,6-7,9H2,1-2H3/t12-/m1/s1. The van der Waals surface area contributed by atoms with E-state index in [4.69, 9.17) is 0 Å². The van der Waals surface area contributed by atoms with Crippen LogP contribution in [0.4, 0.5) is 0 Å². The molecule has 17 heavy (non-hydrogen) atoms. The monoisotopic (exact) mass is 296 g/mol. The van der Waals surface area contributed by atoms with Gasteiger partial charge in [-0.2, -0.15) is 0 Å². The summed E-state index contributed by atoms with van der Waals surface area (Å²) in [6, 6.07) is 8.48. The van der Waals surface area contributed by atoms with E-state index in [0.29, 0.717) is 6.54 Å². The maximum Gasteiger partial charge on any atom is 0.237 e. The molecule has 1 aromatic carbocycles. The van der Waals surface area contributed by atoms with E-state index in [1.54, 1.807) is 0 Å². The van der Waals surface area contributed by atoms with Crippen LogP contribution in [0.3, 0.4) is 0 Å². The van der Waals surface area contributed by atoms with Crippen molar-refractivity contribution in [2.75, 3.05) is 27.2 Å². The molecular weight excluding hydrogens is 280 g/mol. The number of carbonyl (C=O) groups excluding carboxylic acids is 1. The molecule has 92 valence electrons. The Bertz CT molecular complexity index is 420. The molecule has 0 aromatic heterocycles. The van der Waals surface area contributed by atoms with Gasteiger partial charge in [0.25, 0.3) is 0 Å². The largest absolute Gasteiger partial charge is 0.334 e. The summed E-state index contributed by atoms with van der Waals surface area (Å²) in [7, 11) is 3.84. The molecule has 1 fully saturated rings. The average Bonchev–Trinajstić information content (AvgIpc) is 2.13. The molecule has 1 heterocycles. The topological polar surface area (TPSA) is 23.6 Å². The minimum atomic E-state index is 0.214. The number of likely N-dealkylation sites (N-methyl/N-ethyl adjacent to an activating group) is 1. The quantitative estimate of drug-likeness (QED) is 0.854. The van der Waals surface area contributed by atoms with Gasteiger partial charge in [-0.25, -0.2) is 0 Å². The second kappa shape index (κ2) is 5.19. The third-order valence-corrected chi connectivity index (χ3v) is 3.52. The number of likely N-dealkylation sites (tertiary alicyclic amines) is 1. The first-order chi connectivity index (χ1) is 8.08. The van der Waals surface area contributed by atoms with Crippen molar-refractivity contribution in [3.05, 3.63) is 34.3 Å². The van der Waals surface area contributed by atoms with Gasteiger partial charge in [0.2, 0.25) is 5.91 Å². The average molecular weight is 297 g/mol. The molecule has 4 heteroatoms. The summed E-state index contributed by atoms with van der Waals surface area (Å²) in [5.74, 6) is 0.214. The Hall–Kier alpha value is -0.870. The smallest absolute Gasteiger partial charge is 0.237 e. The SMILES string of the molecule is CN(C)CC(=O)N1CC[C@@H]1c1cccc(Br)c1. The highest BCUT2D eigenvalue weighted by Gasteiger charge is 2.33. The summed E-state index contributed by atoms with van der Waals surface area (Å²) in [6.07, 6.45) is 1.07. The fourth-order valence-corrected chi connectivity index (χ4v) is 2.52. The Morgan fingerprint density at radius 2 is 2.29 bits per heavy atom. The zero-order chi connectivity index (χ0) is 12.4. The zero-order valence-corrected chi connectivity index (χ0v) is 11.8. The minimum absolute atomic E-state index is 0.214. The van der Waals surface area contributed by atoms with Crippen molar-refractivity contribution >= 4 is 21.8 Å². The van der Waals surface area contributed by atoms with Crippen molar-refractivity contribution < 1.29 is 4.79 Å². The van der Waals surface area contributed by atoms with Crippen LogP contribution in [0.15, 0.2) is 28.7 Å². The number of amides is 1. The van der Waals surface area contributed by atoms with Gasteiger partial charge in [0.15, 0.2) is 0 Å². The summed E-state index contributed by atoms with van der Waals surface area (Å²) in [4.78, 5) is 15.9. The van der Waals surface area contributed by atoms with Crippen LogP contribution in [-0.2, 0) is 4.79 Å². The van der Waals surface area contributed by atoms with E-state index in [9.17, 15) is 4.79 Å². The van der Waals surface area contributed by atoms with Gasteiger partial charge >= 0.3 is 0 Å². The Labute approximate surface area is 111 Å². The van der Waals surface area contributed by atoms with Gasteiger partial charge < -0.3 is 9.80 Å². The molecule has 1 amide bonds. The number of rotatable bonds is 3. The number of hydrogen-bond acceptors (Lipinski definition) is 2. The molecule has 1 aromatic rings. The lowest BCUT2D eigenvalue weighted by molar-refractivity contribution is -0.139. The zero-order valence-electron chi connectivity index (χ0n) is 10.2. The van der Waals surface area contributed by atoms with Crippen LogP contribution < -0.4 is 0 Å². The van der Waals surface area contributed by atoms with Gasteiger partial charge in [0.1, 0.15) is 0 Å². The van der Waals surface area contributed by atoms with Crippen LogP contribution in [0, 0.1) is 0 Å². The van der Waals surface area contributed by atoms with Crippen LogP contribution in [0.25, 0.3) is 0 Å². The Balaban J connectivity index is 2.06. The highest BCUT2D eigenvalue weighted by molar-refractivity contribution is 9.10. The molecule has 1 aliphatic rings. The lowest BCUT2D eigenvalue weighted by Crippen LogP contribution is -2.48. The van der Waals surface area contributed by atoms with Gasteiger partial charge in [0, 0.05) is 11.0 Å². The summed E-state index contributed by atoms with van der Waals surface area (Å²) < 4.78 is 1.07. The Morgan fingerprint density at radius 1 is 1.53 bits per heavy atom. The molecule has 0 N–H and O–H groups in total. The van der Waals surface area contributed by atoms with Crippen LogP contribution in [0.5, 0.6) is 0 Å². The predicted octanol–water partition coefficient (Wildman–Crippen LogP) is 2.28. The molecule has 0 bridgehead atoms. The van der Waals surface area contributed by atoms with Crippen LogP contribution in [-0.4, -0.2) is 42.9 Å². The summed E-state index contributed by atoms with van der Waals surface area (Å²) in [5.41, 5.74) is 1.22. The van der Waals surface area contributed by atoms with E-state index in [1.165, 1.54) is 5.56 Å². The van der Waals surface area contributed by atoms with E-state index in [0.717, 1.165) is 17.4 Å². The van der Waals surface area contributed by atoms with E-state index in [1.807, 2.05) is 36.0 Å². The van der Waals surface area contributed by atoms with Gasteiger partial charge in [-0.1, -0.05) is 28.1 Å². The molecule has 1 saturated heterocycles. The van der Waals surface area contributed by atoms with E-state index in [-0.39, 0.29) is 11.9 Å². The second-order valence-corrected chi connectivity index (χ2v) is 5.60. The Morgan fingerprint density at radius 3 is 2.82 bits per heavy atom. The molecule has 2 rings (SSSR count). The third-order valence-electron chi connectivity index (χ3n) is 3.02. The lowest BCUT2D eigenvalue weighted by atomic mass is 9.94. The number of halogens is 1. The van der Waals surface area contributed by atoms with Crippen LogP contribution >= 0.6 is 15.9 Å². The number of hydrogen-bond donors (Lipinski definition) is 0. The lowest BCUT2D eigenvalue weighted by Gasteiger charge is -2.42. The Kier molecular flexibility index (Phi) is 3.84. The summed E-state index contributed by atoms with van der Waals surface area (Å²) in [6.45, 7) is 1.37. The van der Waals surface area contributed by atoms with E-state index in [2.05, 4.69) is 28.1 Å². The van der Waals surface area contributed by atoms with Crippen LogP contribution in [0.2, 0.25) is 0 Å². The first-order valence-corrected chi connectivity index (χ1v) is 6.57. The summed E-state index contributed by atoms with van der Waals surface area (Å²) in [5, 5.41) is 0. The molecular formula is C13H17BrN2O. The van der Waals surface area contributed by atoms with Crippen LogP contribution in [0.1, 0.15) is 18.0 Å². The van der Waals surface area contributed by atoms with Crippen molar-refractivity contribution in [2.24, 2.45) is 0 Å². The van der Waals surface area contributed by atoms with Gasteiger partial charge in [0.05, 0.1) is 12.6 Å². The van der Waals surface area contributed by atoms with E-state index < -0.39 is 0 Å². The molecule has 0 unspecified atom stereocenters. The van der Waals surface area contributed by atoms with Crippen molar-refractivity contribution in [2.45, 2.75) is 12.5 Å². The molecule has 3 nitrogen and oxygen atoms in total. The first-order valence-electron chi connectivity index (χ1n) is 5.77. The maximum absolute atomic E-state index is 12.0. The molecule has 0 radical (unpaired) electrons. The highest BCUT2D eigenvalue weighted by Crippen LogP contribution is 2.34. The molecule has 0 aliphatic carbocycles. The molecule has 1 atom stereocenters. The molecule has 0 spiro atoms. The van der Waals surface area contributed by atoms with Crippen molar-refractivity contribution in [1.82, 2.24) is 9.80 Å². The second-order valence-electron chi connectivity index (χ2n) is 4.68. The molecule has 1 aliphatic heterocycles. The molecule has 0 saturated carbocycles. The van der Waals surface area contributed by atoms with Gasteiger partial charge in [-0.15, -0.1) is 0 Å². The normalized spacial score (nSPS) is 19.3. The first kappa shape index (κ1) is 12.6. The minimum Gasteiger partial charge on any atom is -0.334 e. The summed E-state index contributed by atoms with van der Waals surface area (Å²) >= 11 is 3.47. The number of carbonyl (C=O) groups is 1. The fraction of sp³-hybridized carbons (Fsp3) is 0.462. The number of benzene rings is 1. The maximum atomic E-state index is 12.0. The van der Waals surface area contributed by atoms with Gasteiger partial charge in [-0.3, -0.25) is 4.79 Å². The van der Waals surface area contributed by atoms with Crippen molar-refractivity contribution in [3.63, 3.8) is 0 Å². The van der Waals surface area contributed by atoms with E-state index >= 15 is 0 Å². The van der Waals surface area contributed by atoms with Crippen molar-refractivity contribution in [1.29, 1.82) is 0 Å².